The average molecular weight is 335 g/mol. The summed E-state index contributed by atoms with van der Waals surface area (Å²) in [5.74, 6) is -0.941. The summed E-state index contributed by atoms with van der Waals surface area (Å²) in [6.07, 6.45) is 1.06. The zero-order valence-corrected chi connectivity index (χ0v) is 12.5. The highest BCUT2D eigenvalue weighted by Crippen LogP contribution is 2.32. The van der Waals surface area contributed by atoms with Crippen molar-refractivity contribution in [2.75, 3.05) is 0 Å². The van der Waals surface area contributed by atoms with Crippen LogP contribution >= 0.6 is 11.6 Å². The minimum atomic E-state index is -0.961. The van der Waals surface area contributed by atoms with E-state index in [0.717, 1.165) is 17.8 Å². The van der Waals surface area contributed by atoms with Crippen molar-refractivity contribution in [1.82, 2.24) is 0 Å². The van der Waals surface area contributed by atoms with Gasteiger partial charge in [-0.3, -0.25) is 25.2 Å². The van der Waals surface area contributed by atoms with Gasteiger partial charge in [-0.2, -0.15) is 0 Å². The molecule has 118 valence electrons. The first-order valence-electron chi connectivity index (χ1n) is 6.23. The lowest BCUT2D eigenvalue weighted by atomic mass is 10.1. The molecule has 2 rings (SSSR count). The first-order chi connectivity index (χ1) is 10.8. The van der Waals surface area contributed by atoms with Crippen molar-refractivity contribution in [1.29, 1.82) is 0 Å². The first kappa shape index (κ1) is 16.4. The molecule has 0 bridgehead atoms. The Morgan fingerprint density at radius 2 is 1.83 bits per heavy atom. The quantitative estimate of drug-likeness (QED) is 0.482. The number of hydrogen-bond acceptors (Lipinski definition) is 6. The van der Waals surface area contributed by atoms with Crippen LogP contribution in [0.2, 0.25) is 5.02 Å². The van der Waals surface area contributed by atoms with E-state index in [9.17, 15) is 25.3 Å². The maximum Gasteiger partial charge on any atom is 0.276 e. The van der Waals surface area contributed by atoms with Gasteiger partial charge in [0.25, 0.3) is 11.4 Å². The second-order valence-electron chi connectivity index (χ2n) is 4.59. The normalized spacial score (nSPS) is 10.9. The van der Waals surface area contributed by atoms with Gasteiger partial charge in [0.1, 0.15) is 0 Å². The molecule has 0 saturated carbocycles. The first-order valence-corrected chi connectivity index (χ1v) is 6.61. The Morgan fingerprint density at radius 3 is 2.43 bits per heavy atom. The van der Waals surface area contributed by atoms with Crippen LogP contribution in [0.15, 0.2) is 35.3 Å². The molecule has 0 N–H and O–H groups in total. The van der Waals surface area contributed by atoms with Crippen molar-refractivity contribution in [2.24, 2.45) is 4.99 Å². The van der Waals surface area contributed by atoms with Gasteiger partial charge in [-0.05, 0) is 35.9 Å². The Morgan fingerprint density at radius 1 is 1.13 bits per heavy atom. The molecule has 2 aromatic rings. The summed E-state index contributed by atoms with van der Waals surface area (Å²) < 4.78 is 0. The lowest BCUT2D eigenvalue weighted by Gasteiger charge is -2.10. The van der Waals surface area contributed by atoms with E-state index in [1.165, 1.54) is 0 Å². The fourth-order valence-corrected chi connectivity index (χ4v) is 1.98. The topological polar surface area (TPSA) is 122 Å². The Balaban J connectivity index is 2.54. The monoisotopic (exact) mass is 334 g/mol. The minimum Gasteiger partial charge on any atom is -0.867 e. The number of aryl methyl sites for hydroxylation is 1. The van der Waals surface area contributed by atoms with Crippen LogP contribution in [-0.2, 0) is 0 Å². The fraction of sp³-hybridized carbons (Fsp3) is 0.0714. The smallest absolute Gasteiger partial charge is 0.276 e. The van der Waals surface area contributed by atoms with Gasteiger partial charge in [-0.25, -0.2) is 0 Å². The third-order valence-corrected chi connectivity index (χ3v) is 3.24. The average Bonchev–Trinajstić information content (AvgIpc) is 2.48. The molecule has 0 saturated heterocycles. The summed E-state index contributed by atoms with van der Waals surface area (Å²) >= 11 is 5.85. The highest BCUT2D eigenvalue weighted by molar-refractivity contribution is 6.30. The van der Waals surface area contributed by atoms with Gasteiger partial charge in [0.2, 0.25) is 0 Å². The van der Waals surface area contributed by atoms with Crippen LogP contribution in [0.25, 0.3) is 0 Å². The molecule has 0 radical (unpaired) electrons. The van der Waals surface area contributed by atoms with Crippen molar-refractivity contribution < 1.29 is 15.0 Å². The predicted octanol–water partition coefficient (Wildman–Crippen LogP) is 3.29. The molecule has 0 aromatic heterocycles. The van der Waals surface area contributed by atoms with Gasteiger partial charge < -0.3 is 5.11 Å². The lowest BCUT2D eigenvalue weighted by molar-refractivity contribution is -0.403. The Hall–Kier alpha value is -3.00. The van der Waals surface area contributed by atoms with Crippen LogP contribution in [-0.4, -0.2) is 16.1 Å². The molecule has 0 aliphatic carbocycles. The molecule has 0 unspecified atom stereocenters. The SMILES string of the molecule is Cc1ccc(Cl)cc1N=Cc1cc([N+](=O)[O-])cc([N+](=O)[O-])c1[O-]. The number of non-ortho nitro benzene ring substituents is 1. The highest BCUT2D eigenvalue weighted by atomic mass is 35.5. The van der Waals surface area contributed by atoms with Crippen LogP contribution in [0, 0.1) is 27.2 Å². The summed E-state index contributed by atoms with van der Waals surface area (Å²) in [5, 5.41) is 34.1. The highest BCUT2D eigenvalue weighted by Gasteiger charge is 2.18. The lowest BCUT2D eigenvalue weighted by Crippen LogP contribution is -2.03. The number of halogens is 1. The predicted molar refractivity (Wildman–Crippen MR) is 82.6 cm³/mol. The standard InChI is InChI=1S/C14H10ClN3O5/c1-8-2-3-10(15)5-12(8)16-7-9-4-11(17(20)21)6-13(14(9)19)18(22)23/h2-7,19H,1H3/p-1. The Bertz CT molecular complexity index is 835. The van der Waals surface area contributed by atoms with Crippen LogP contribution < -0.4 is 5.11 Å². The molecular weight excluding hydrogens is 326 g/mol. The molecule has 0 aliphatic rings. The Kier molecular flexibility index (Phi) is 4.56. The summed E-state index contributed by atoms with van der Waals surface area (Å²) in [6, 6.07) is 6.49. The van der Waals surface area contributed by atoms with Crippen LogP contribution in [0.1, 0.15) is 11.1 Å². The van der Waals surface area contributed by atoms with Gasteiger partial charge in [0.05, 0.1) is 21.6 Å². The van der Waals surface area contributed by atoms with E-state index in [1.54, 1.807) is 25.1 Å². The molecule has 0 aliphatic heterocycles. The zero-order valence-electron chi connectivity index (χ0n) is 11.7. The van der Waals surface area contributed by atoms with Crippen molar-refractivity contribution >= 4 is 34.9 Å². The number of nitro groups is 2. The zero-order chi connectivity index (χ0) is 17.1. The molecule has 0 spiro atoms. The third-order valence-electron chi connectivity index (χ3n) is 3.00. The molecule has 23 heavy (non-hydrogen) atoms. The molecule has 9 heteroatoms. The van der Waals surface area contributed by atoms with E-state index in [4.69, 9.17) is 11.6 Å². The molecule has 0 heterocycles. The van der Waals surface area contributed by atoms with E-state index in [0.29, 0.717) is 16.8 Å². The number of rotatable bonds is 4. The van der Waals surface area contributed by atoms with Crippen molar-refractivity contribution in [3.8, 4) is 5.75 Å². The van der Waals surface area contributed by atoms with Gasteiger partial charge in [-0.1, -0.05) is 17.7 Å². The molecule has 0 amide bonds. The van der Waals surface area contributed by atoms with E-state index in [2.05, 4.69) is 4.99 Å². The third kappa shape index (κ3) is 3.61. The van der Waals surface area contributed by atoms with Gasteiger partial charge in [0, 0.05) is 17.3 Å². The molecule has 8 nitrogen and oxygen atoms in total. The van der Waals surface area contributed by atoms with Crippen LogP contribution in [0.3, 0.4) is 0 Å². The van der Waals surface area contributed by atoms with Crippen molar-refractivity contribution in [2.45, 2.75) is 6.92 Å². The van der Waals surface area contributed by atoms with Crippen LogP contribution in [0.5, 0.6) is 5.75 Å². The van der Waals surface area contributed by atoms with Gasteiger partial charge in [0.15, 0.2) is 0 Å². The molecule has 0 atom stereocenters. The minimum absolute atomic E-state index is 0.245. The van der Waals surface area contributed by atoms with Gasteiger partial charge in [-0.15, -0.1) is 0 Å². The number of hydrogen-bond donors (Lipinski definition) is 0. The van der Waals surface area contributed by atoms with E-state index >= 15 is 0 Å². The molecule has 2 aromatic carbocycles. The van der Waals surface area contributed by atoms with E-state index in [1.807, 2.05) is 0 Å². The number of nitrogens with zero attached hydrogens (tertiary/aromatic N) is 3. The maximum atomic E-state index is 12.0. The summed E-state index contributed by atoms with van der Waals surface area (Å²) in [4.78, 5) is 23.9. The second-order valence-corrected chi connectivity index (χ2v) is 5.02. The summed E-state index contributed by atoms with van der Waals surface area (Å²) in [7, 11) is 0. The van der Waals surface area contributed by atoms with Gasteiger partial charge >= 0.3 is 0 Å². The maximum absolute atomic E-state index is 12.0. The van der Waals surface area contributed by atoms with Crippen LogP contribution in [0.4, 0.5) is 17.1 Å². The van der Waals surface area contributed by atoms with E-state index < -0.39 is 27.0 Å². The van der Waals surface area contributed by atoms with E-state index in [-0.39, 0.29) is 5.56 Å². The molecular formula is C14H9ClN3O5-. The Labute approximate surface area is 135 Å². The molecule has 0 fully saturated rings. The largest absolute Gasteiger partial charge is 0.867 e. The summed E-state index contributed by atoms with van der Waals surface area (Å²) in [6.45, 7) is 1.76. The number of benzene rings is 2. The number of aliphatic imine (C=N–C) groups is 1. The second kappa shape index (κ2) is 6.41. The summed E-state index contributed by atoms with van der Waals surface area (Å²) in [5.41, 5.74) is -0.460. The fourth-order valence-electron chi connectivity index (χ4n) is 1.82. The number of nitro benzene ring substituents is 2. The van der Waals surface area contributed by atoms with Crippen molar-refractivity contribution in [3.05, 3.63) is 66.7 Å². The van der Waals surface area contributed by atoms with Crippen molar-refractivity contribution in [3.63, 3.8) is 0 Å².